The van der Waals surface area contributed by atoms with E-state index in [1.165, 1.54) is 13.2 Å². The van der Waals surface area contributed by atoms with Crippen molar-refractivity contribution in [1.29, 1.82) is 0 Å². The Kier molecular flexibility index (Phi) is 3.62. The molecule has 0 saturated carbocycles. The minimum Gasteiger partial charge on any atom is -0.506 e. The first kappa shape index (κ1) is 13.6. The van der Waals surface area contributed by atoms with E-state index in [1.807, 2.05) is 6.07 Å². The molecule has 2 aromatic rings. The van der Waals surface area contributed by atoms with Crippen molar-refractivity contribution in [2.75, 3.05) is 25.5 Å². The molecule has 2 heterocycles. The van der Waals surface area contributed by atoms with E-state index in [4.69, 9.17) is 4.74 Å². The number of phenols is 1. The van der Waals surface area contributed by atoms with Gasteiger partial charge in [0.1, 0.15) is 11.3 Å². The van der Waals surface area contributed by atoms with Gasteiger partial charge in [-0.25, -0.2) is 4.79 Å². The number of nitrogens with one attached hydrogen (secondary N) is 2. The summed E-state index contributed by atoms with van der Waals surface area (Å²) >= 11 is 0. The average Bonchev–Trinajstić information content (AvgIpc) is 3.00. The number of hydrogen-bond acceptors (Lipinski definition) is 6. The maximum atomic E-state index is 11.8. The molecule has 1 aromatic heterocycles. The van der Waals surface area contributed by atoms with Crippen LogP contribution in [0.5, 0.6) is 5.75 Å². The van der Waals surface area contributed by atoms with Gasteiger partial charge >= 0.3 is 5.97 Å². The number of rotatable bonds is 3. The second-order valence-electron chi connectivity index (χ2n) is 5.08. The summed E-state index contributed by atoms with van der Waals surface area (Å²) in [7, 11) is 1.33. The molecule has 3 N–H and O–H groups in total. The number of fused-ring (bicyclic) bond motifs is 1. The third-order valence-electron chi connectivity index (χ3n) is 3.66. The Bertz CT molecular complexity index is 681. The van der Waals surface area contributed by atoms with E-state index < -0.39 is 5.97 Å². The van der Waals surface area contributed by atoms with Gasteiger partial charge in [0.2, 0.25) is 0 Å². The first-order valence-corrected chi connectivity index (χ1v) is 6.86. The summed E-state index contributed by atoms with van der Waals surface area (Å²) in [5.41, 5.74) is 1.62. The third kappa shape index (κ3) is 2.62. The van der Waals surface area contributed by atoms with Gasteiger partial charge in [-0.05, 0) is 31.2 Å². The Morgan fingerprint density at radius 1 is 1.52 bits per heavy atom. The summed E-state index contributed by atoms with van der Waals surface area (Å²) in [5, 5.41) is 17.1. The molecule has 0 radical (unpaired) electrons. The normalized spacial score (nSPS) is 17.9. The van der Waals surface area contributed by atoms with Gasteiger partial charge in [-0.3, -0.25) is 4.98 Å². The van der Waals surface area contributed by atoms with E-state index in [-0.39, 0.29) is 5.75 Å². The average molecular weight is 287 g/mol. The van der Waals surface area contributed by atoms with Crippen LogP contribution < -0.4 is 10.6 Å². The van der Waals surface area contributed by atoms with Crippen LogP contribution in [0.2, 0.25) is 0 Å². The lowest BCUT2D eigenvalue weighted by Gasteiger charge is -2.14. The quantitative estimate of drug-likeness (QED) is 0.742. The number of hydrogen-bond donors (Lipinski definition) is 3. The number of anilines is 1. The van der Waals surface area contributed by atoms with Crippen molar-refractivity contribution in [1.82, 2.24) is 10.3 Å². The molecule has 3 rings (SSSR count). The number of carbonyl (C=O) groups excluding carboxylic acids is 1. The molecule has 1 atom stereocenters. The highest BCUT2D eigenvalue weighted by molar-refractivity contribution is 6.05. The molecular formula is C15H17N3O3. The summed E-state index contributed by atoms with van der Waals surface area (Å²) < 4.78 is 4.78. The Morgan fingerprint density at radius 2 is 2.38 bits per heavy atom. The third-order valence-corrected chi connectivity index (χ3v) is 3.66. The second-order valence-corrected chi connectivity index (χ2v) is 5.08. The molecule has 1 aliphatic heterocycles. The van der Waals surface area contributed by atoms with E-state index in [2.05, 4.69) is 15.6 Å². The van der Waals surface area contributed by atoms with E-state index in [9.17, 15) is 9.90 Å². The van der Waals surface area contributed by atoms with Crippen LogP contribution in [0.15, 0.2) is 24.4 Å². The van der Waals surface area contributed by atoms with E-state index in [0.29, 0.717) is 22.5 Å². The van der Waals surface area contributed by atoms with E-state index in [1.54, 1.807) is 12.3 Å². The summed E-state index contributed by atoms with van der Waals surface area (Å²) in [4.78, 5) is 16.1. The first-order chi connectivity index (χ1) is 10.2. The number of phenolic OH excluding ortho intramolecular Hbond substituents is 1. The van der Waals surface area contributed by atoms with Gasteiger partial charge in [-0.2, -0.15) is 0 Å². The largest absolute Gasteiger partial charge is 0.506 e. The molecule has 6 nitrogen and oxygen atoms in total. The lowest BCUT2D eigenvalue weighted by atomic mass is 10.1. The lowest BCUT2D eigenvalue weighted by Crippen LogP contribution is -2.22. The van der Waals surface area contributed by atoms with Crippen LogP contribution in [0, 0.1) is 0 Å². The van der Waals surface area contributed by atoms with Crippen LogP contribution in [0.1, 0.15) is 16.8 Å². The molecule has 110 valence electrons. The molecule has 0 bridgehead atoms. The van der Waals surface area contributed by atoms with Crippen molar-refractivity contribution in [3.63, 3.8) is 0 Å². The molecule has 1 fully saturated rings. The predicted octanol–water partition coefficient (Wildman–Crippen LogP) is 1.50. The first-order valence-electron chi connectivity index (χ1n) is 6.86. The molecule has 1 aliphatic rings. The van der Waals surface area contributed by atoms with Gasteiger partial charge < -0.3 is 20.5 Å². The van der Waals surface area contributed by atoms with Crippen molar-refractivity contribution in [3.05, 3.63) is 30.0 Å². The second kappa shape index (κ2) is 5.57. The minimum absolute atomic E-state index is 0.0479. The van der Waals surface area contributed by atoms with Crippen molar-refractivity contribution in [2.45, 2.75) is 12.5 Å². The fourth-order valence-electron chi connectivity index (χ4n) is 2.59. The topological polar surface area (TPSA) is 83.5 Å². The fourth-order valence-corrected chi connectivity index (χ4v) is 2.59. The Morgan fingerprint density at radius 3 is 3.10 bits per heavy atom. The van der Waals surface area contributed by atoms with E-state index in [0.717, 1.165) is 25.2 Å². The summed E-state index contributed by atoms with van der Waals surface area (Å²) in [6.45, 7) is 1.90. The summed E-state index contributed by atoms with van der Waals surface area (Å²) in [5.74, 6) is -0.395. The molecule has 1 unspecified atom stereocenters. The number of aromatic hydroxyl groups is 1. The molecule has 21 heavy (non-hydrogen) atoms. The minimum atomic E-state index is -0.443. The highest BCUT2D eigenvalue weighted by Gasteiger charge is 2.17. The number of carbonyl (C=O) groups is 1. The molecule has 0 spiro atoms. The summed E-state index contributed by atoms with van der Waals surface area (Å²) in [6.07, 6.45) is 2.71. The summed E-state index contributed by atoms with van der Waals surface area (Å²) in [6, 6.07) is 5.18. The van der Waals surface area contributed by atoms with Crippen molar-refractivity contribution >= 4 is 22.6 Å². The fraction of sp³-hybridized carbons (Fsp3) is 0.333. The Balaban J connectivity index is 2.03. The number of pyridine rings is 1. The van der Waals surface area contributed by atoms with Gasteiger partial charge in [0.15, 0.2) is 0 Å². The van der Waals surface area contributed by atoms with Crippen molar-refractivity contribution in [3.8, 4) is 5.75 Å². The number of aromatic nitrogens is 1. The molecule has 1 aromatic carbocycles. The molecule has 0 aliphatic carbocycles. The van der Waals surface area contributed by atoms with Crippen LogP contribution in [0.3, 0.4) is 0 Å². The number of benzene rings is 1. The zero-order valence-electron chi connectivity index (χ0n) is 11.7. The van der Waals surface area contributed by atoms with Crippen LogP contribution in [-0.2, 0) is 4.74 Å². The zero-order chi connectivity index (χ0) is 14.8. The standard InChI is InChI=1S/C15H17N3O3/c1-21-15(20)11-2-3-13(19)14-12(11)6-10(8-17-14)18-9-4-5-16-7-9/h2-3,6,8-9,16,18-19H,4-5,7H2,1H3. The van der Waals surface area contributed by atoms with Crippen LogP contribution in [0.4, 0.5) is 5.69 Å². The highest BCUT2D eigenvalue weighted by atomic mass is 16.5. The van der Waals surface area contributed by atoms with Crippen molar-refractivity contribution in [2.24, 2.45) is 0 Å². The number of ether oxygens (including phenoxy) is 1. The Hall–Kier alpha value is -2.34. The number of methoxy groups -OCH3 is 1. The van der Waals surface area contributed by atoms with Gasteiger partial charge in [-0.15, -0.1) is 0 Å². The maximum absolute atomic E-state index is 11.8. The lowest BCUT2D eigenvalue weighted by molar-refractivity contribution is 0.0603. The van der Waals surface area contributed by atoms with Gasteiger partial charge in [0.05, 0.1) is 24.6 Å². The van der Waals surface area contributed by atoms with Gasteiger partial charge in [0, 0.05) is 18.0 Å². The highest BCUT2D eigenvalue weighted by Crippen LogP contribution is 2.28. The SMILES string of the molecule is COC(=O)c1ccc(O)c2ncc(NC3CCNC3)cc12. The predicted molar refractivity (Wildman–Crippen MR) is 79.6 cm³/mol. The monoisotopic (exact) mass is 287 g/mol. The zero-order valence-corrected chi connectivity index (χ0v) is 11.7. The number of esters is 1. The van der Waals surface area contributed by atoms with Gasteiger partial charge in [0.25, 0.3) is 0 Å². The van der Waals surface area contributed by atoms with Crippen LogP contribution in [0.25, 0.3) is 10.9 Å². The Labute approximate surface area is 122 Å². The molecule has 1 saturated heterocycles. The molecule has 6 heteroatoms. The molecule has 0 amide bonds. The van der Waals surface area contributed by atoms with Crippen LogP contribution >= 0.6 is 0 Å². The van der Waals surface area contributed by atoms with Gasteiger partial charge in [-0.1, -0.05) is 0 Å². The smallest absolute Gasteiger partial charge is 0.338 e. The molecular weight excluding hydrogens is 270 g/mol. The van der Waals surface area contributed by atoms with Crippen LogP contribution in [-0.4, -0.2) is 42.3 Å². The van der Waals surface area contributed by atoms with Crippen molar-refractivity contribution < 1.29 is 14.6 Å². The maximum Gasteiger partial charge on any atom is 0.338 e. The number of nitrogens with zero attached hydrogens (tertiary/aromatic N) is 1. The van der Waals surface area contributed by atoms with E-state index >= 15 is 0 Å².